The smallest absolute Gasteiger partial charge is 0.214 e. The quantitative estimate of drug-likeness (QED) is 0.158. The number of aromatic nitrogens is 1. The molecule has 4 aromatic rings. The molecule has 1 aliphatic heterocycles. The van der Waals surface area contributed by atoms with Gasteiger partial charge in [0.05, 0.1) is 17.2 Å². The molecule has 1 atom stereocenters. The van der Waals surface area contributed by atoms with Crippen molar-refractivity contribution in [3.8, 4) is 11.3 Å². The standard InChI is InChI=1S/C39H46NO2/c1-10-39(11-2)34(24-42-29(8)38(28(7)41-9)30-16-13-12-14-17-30)37-27(6)22-26(5)23-33(37)36-21-20-32-31(25(3)4)18-15-19-35(32)40(36)39/h12-25,28H,10-11H2,1-9H3/q+1. The molecule has 0 N–H and O–H groups in total. The first-order chi connectivity index (χ1) is 20.2. The Morgan fingerprint density at radius 3 is 2.26 bits per heavy atom. The van der Waals surface area contributed by atoms with Crippen LogP contribution >= 0.6 is 0 Å². The summed E-state index contributed by atoms with van der Waals surface area (Å²) in [6.07, 6.45) is 3.83. The summed E-state index contributed by atoms with van der Waals surface area (Å²) in [5.74, 6) is 1.29. The van der Waals surface area contributed by atoms with Gasteiger partial charge in [0.1, 0.15) is 12.0 Å². The zero-order valence-corrected chi connectivity index (χ0v) is 26.8. The highest BCUT2D eigenvalue weighted by Crippen LogP contribution is 2.47. The van der Waals surface area contributed by atoms with E-state index in [0.29, 0.717) is 5.92 Å². The van der Waals surface area contributed by atoms with E-state index in [-0.39, 0.29) is 11.6 Å². The summed E-state index contributed by atoms with van der Waals surface area (Å²) >= 11 is 0. The molecule has 0 fully saturated rings. The summed E-state index contributed by atoms with van der Waals surface area (Å²) in [5.41, 5.74) is 12.2. The molecule has 0 saturated carbocycles. The second kappa shape index (κ2) is 11.9. The molecule has 3 aromatic carbocycles. The van der Waals surface area contributed by atoms with Gasteiger partial charge in [-0.15, -0.1) is 0 Å². The number of hydrogen-bond donors (Lipinski definition) is 0. The van der Waals surface area contributed by atoms with Gasteiger partial charge in [-0.1, -0.05) is 76.2 Å². The summed E-state index contributed by atoms with van der Waals surface area (Å²) in [4.78, 5) is 0. The number of fused-ring (bicyclic) bond motifs is 5. The fraction of sp³-hybridized carbons (Fsp3) is 0.359. The summed E-state index contributed by atoms with van der Waals surface area (Å²) in [7, 11) is 1.76. The van der Waals surface area contributed by atoms with Crippen molar-refractivity contribution in [3.63, 3.8) is 0 Å². The van der Waals surface area contributed by atoms with Gasteiger partial charge >= 0.3 is 0 Å². The lowest BCUT2D eigenvalue weighted by Crippen LogP contribution is -2.60. The molecule has 1 unspecified atom stereocenters. The molecule has 0 saturated heterocycles. The zero-order valence-electron chi connectivity index (χ0n) is 26.8. The molecular weight excluding hydrogens is 514 g/mol. The van der Waals surface area contributed by atoms with Crippen molar-refractivity contribution in [2.75, 3.05) is 7.11 Å². The van der Waals surface area contributed by atoms with Crippen LogP contribution in [0.4, 0.5) is 0 Å². The van der Waals surface area contributed by atoms with Crippen molar-refractivity contribution < 1.29 is 14.0 Å². The van der Waals surface area contributed by atoms with Gasteiger partial charge in [-0.3, -0.25) is 0 Å². The van der Waals surface area contributed by atoms with E-state index in [1.165, 1.54) is 50.0 Å². The van der Waals surface area contributed by atoms with Crippen LogP contribution in [0, 0.1) is 13.8 Å². The van der Waals surface area contributed by atoms with Gasteiger partial charge in [-0.25, -0.2) is 0 Å². The number of rotatable bonds is 8. The average molecular weight is 561 g/mol. The van der Waals surface area contributed by atoms with E-state index in [9.17, 15) is 0 Å². The number of benzene rings is 3. The number of hydrogen-bond acceptors (Lipinski definition) is 2. The van der Waals surface area contributed by atoms with Crippen molar-refractivity contribution in [2.45, 2.75) is 85.8 Å². The maximum absolute atomic E-state index is 6.74. The molecular formula is C39H46NO2+. The molecule has 218 valence electrons. The van der Waals surface area contributed by atoms with E-state index in [4.69, 9.17) is 9.47 Å². The summed E-state index contributed by atoms with van der Waals surface area (Å²) in [6.45, 7) is 17.8. The van der Waals surface area contributed by atoms with E-state index >= 15 is 0 Å². The van der Waals surface area contributed by atoms with Crippen molar-refractivity contribution in [3.05, 3.63) is 113 Å². The lowest BCUT2D eigenvalue weighted by atomic mass is 9.73. The number of nitrogens with zero attached hydrogens (tertiary/aromatic N) is 1. The van der Waals surface area contributed by atoms with Crippen molar-refractivity contribution >= 4 is 22.0 Å². The highest BCUT2D eigenvalue weighted by atomic mass is 16.5. The van der Waals surface area contributed by atoms with Crippen LogP contribution in [-0.2, 0) is 15.0 Å². The number of allylic oxidation sites excluding steroid dienone is 2. The first kappa shape index (κ1) is 29.8. The number of aryl methyl sites for hydroxylation is 2. The van der Waals surface area contributed by atoms with Crippen LogP contribution in [0.1, 0.15) is 88.1 Å². The van der Waals surface area contributed by atoms with E-state index < -0.39 is 0 Å². The third-order valence-electron chi connectivity index (χ3n) is 9.33. The molecule has 5 rings (SSSR count). The first-order valence-corrected chi connectivity index (χ1v) is 15.4. The molecule has 3 heteroatoms. The average Bonchev–Trinajstić information content (AvgIpc) is 2.99. The first-order valence-electron chi connectivity index (χ1n) is 15.4. The summed E-state index contributed by atoms with van der Waals surface area (Å²) in [5, 5.41) is 1.33. The second-order valence-corrected chi connectivity index (χ2v) is 12.1. The van der Waals surface area contributed by atoms with Gasteiger partial charge < -0.3 is 9.47 Å². The van der Waals surface area contributed by atoms with Gasteiger partial charge in [-0.2, -0.15) is 4.57 Å². The predicted octanol–water partition coefficient (Wildman–Crippen LogP) is 9.89. The molecule has 0 amide bonds. The highest BCUT2D eigenvalue weighted by molar-refractivity contribution is 5.89. The fourth-order valence-corrected chi connectivity index (χ4v) is 7.15. The summed E-state index contributed by atoms with van der Waals surface area (Å²) < 4.78 is 15.2. The number of methoxy groups -OCH3 is 1. The molecule has 3 nitrogen and oxygen atoms in total. The molecule has 42 heavy (non-hydrogen) atoms. The maximum atomic E-state index is 6.74. The minimum absolute atomic E-state index is 0.107. The third-order valence-corrected chi connectivity index (χ3v) is 9.33. The largest absolute Gasteiger partial charge is 0.469 e. The Labute approximate surface area is 252 Å². The van der Waals surface area contributed by atoms with Crippen molar-refractivity contribution in [2.24, 2.45) is 0 Å². The molecule has 2 heterocycles. The van der Waals surface area contributed by atoms with Gasteiger partial charge in [0.25, 0.3) is 0 Å². The Hall–Kier alpha value is -3.69. The molecule has 0 spiro atoms. The van der Waals surface area contributed by atoms with Crippen LogP contribution < -0.4 is 4.57 Å². The van der Waals surface area contributed by atoms with Crippen LogP contribution in [-0.4, -0.2) is 13.2 Å². The Morgan fingerprint density at radius 1 is 0.905 bits per heavy atom. The van der Waals surface area contributed by atoms with Crippen molar-refractivity contribution in [1.29, 1.82) is 0 Å². The van der Waals surface area contributed by atoms with E-state index in [1.807, 2.05) is 6.07 Å². The van der Waals surface area contributed by atoms with Crippen LogP contribution in [0.5, 0.6) is 0 Å². The monoisotopic (exact) mass is 560 g/mol. The molecule has 0 bridgehead atoms. The fourth-order valence-electron chi connectivity index (χ4n) is 7.15. The summed E-state index contributed by atoms with van der Waals surface area (Å²) in [6, 6.07) is 26.6. The van der Waals surface area contributed by atoms with Gasteiger partial charge in [-0.05, 0) is 68.0 Å². The third kappa shape index (κ3) is 4.88. The predicted molar refractivity (Wildman–Crippen MR) is 176 cm³/mol. The van der Waals surface area contributed by atoms with Gasteiger partial charge in [0.15, 0.2) is 5.54 Å². The topological polar surface area (TPSA) is 22.3 Å². The molecule has 1 aromatic heterocycles. The Morgan fingerprint density at radius 2 is 1.62 bits per heavy atom. The van der Waals surface area contributed by atoms with E-state index in [0.717, 1.165) is 29.7 Å². The second-order valence-electron chi connectivity index (χ2n) is 12.1. The lowest BCUT2D eigenvalue weighted by molar-refractivity contribution is -0.718. The van der Waals surface area contributed by atoms with Crippen molar-refractivity contribution in [1.82, 2.24) is 0 Å². The molecule has 0 aliphatic carbocycles. The lowest BCUT2D eigenvalue weighted by Gasteiger charge is -2.37. The Kier molecular flexibility index (Phi) is 8.44. The highest BCUT2D eigenvalue weighted by Gasteiger charge is 2.50. The maximum Gasteiger partial charge on any atom is 0.214 e. The Bertz CT molecular complexity index is 1670. The zero-order chi connectivity index (χ0) is 30.2. The number of ether oxygens (including phenoxy) is 2. The van der Waals surface area contributed by atoms with Gasteiger partial charge in [0.2, 0.25) is 11.2 Å². The van der Waals surface area contributed by atoms with Crippen LogP contribution in [0.2, 0.25) is 0 Å². The minimum Gasteiger partial charge on any atom is -0.469 e. The number of pyridine rings is 1. The van der Waals surface area contributed by atoms with Crippen LogP contribution in [0.3, 0.4) is 0 Å². The molecule has 0 radical (unpaired) electrons. The normalized spacial score (nSPS) is 16.3. The molecule has 1 aliphatic rings. The SMILES string of the molecule is CCC1(CC)C(=COC(C)=C(c2ccccc2)C(C)OC)c2c(C)cc(C)cc2-c2ccc3c(C(C)C)cccc3[n+]21. The minimum atomic E-state index is -0.280. The van der Waals surface area contributed by atoms with Gasteiger partial charge in [0, 0.05) is 48.6 Å². The van der Waals surface area contributed by atoms with E-state index in [2.05, 4.69) is 133 Å². The Balaban J connectivity index is 1.83. The van der Waals surface area contributed by atoms with Crippen LogP contribution in [0.15, 0.2) is 84.8 Å². The van der Waals surface area contributed by atoms with E-state index in [1.54, 1.807) is 7.11 Å². The van der Waals surface area contributed by atoms with Crippen LogP contribution in [0.25, 0.3) is 33.3 Å².